The van der Waals surface area contributed by atoms with Crippen LogP contribution < -0.4 is 10.2 Å². The van der Waals surface area contributed by atoms with Crippen molar-refractivity contribution in [3.05, 3.63) is 0 Å². The Bertz CT molecular complexity index is 131. The van der Waals surface area contributed by atoms with Gasteiger partial charge < -0.3 is 10.2 Å². The second-order valence-electron chi connectivity index (χ2n) is 2.77. The van der Waals surface area contributed by atoms with E-state index in [1.807, 2.05) is 13.8 Å². The van der Waals surface area contributed by atoms with E-state index in [-0.39, 0.29) is 0 Å². The van der Waals surface area contributed by atoms with Gasteiger partial charge in [-0.25, -0.2) is 0 Å². The van der Waals surface area contributed by atoms with Crippen LogP contribution in [0.3, 0.4) is 0 Å². The molecule has 0 saturated carbocycles. The second-order valence-corrected chi connectivity index (χ2v) is 5.60. The third-order valence-corrected chi connectivity index (χ3v) is 1.84. The van der Waals surface area contributed by atoms with Gasteiger partial charge in [0.15, 0.2) is 0 Å². The molecule has 0 aromatic heterocycles. The first kappa shape index (κ1) is 22.6. The Morgan fingerprint density at radius 3 is 1.06 bits per heavy atom. The van der Waals surface area contributed by atoms with Crippen molar-refractivity contribution in [2.45, 2.75) is 48.6 Å². The summed E-state index contributed by atoms with van der Waals surface area (Å²) in [6.07, 6.45) is 2.10. The molecule has 0 aliphatic heterocycles. The summed E-state index contributed by atoms with van der Waals surface area (Å²) in [6.45, 7) is 3.72. The molecule has 0 unspecified atom stereocenters. The number of rotatable bonds is 4. The number of hydrogen-bond acceptors (Lipinski definition) is 3. The van der Waals surface area contributed by atoms with Crippen molar-refractivity contribution in [1.82, 2.24) is 0 Å². The normalized spacial score (nSPS) is 10.9. The van der Waals surface area contributed by atoms with Crippen LogP contribution in [-0.4, -0.2) is 9.04 Å². The van der Waals surface area contributed by atoms with E-state index < -0.39 is 9.04 Å². The molecule has 0 aliphatic rings. The average Bonchev–Trinajstić information content (AvgIpc) is 2.04. The Balaban J connectivity index is -0.000000183. The molecule has 0 N–H and O–H groups in total. The maximum absolute atomic E-state index is 10.2. The Hall–Kier alpha value is 1.46. The van der Waals surface area contributed by atoms with Crippen LogP contribution in [0.15, 0.2) is 0 Å². The van der Waals surface area contributed by atoms with Crippen molar-refractivity contribution >= 4 is 46.4 Å². The fourth-order valence-electron chi connectivity index (χ4n) is 0.582. The fraction of sp³-hybridized carbons (Fsp3) is 1.00. The summed E-state index contributed by atoms with van der Waals surface area (Å²) in [5, 5.41) is 20.5. The molecule has 0 atom stereocenters. The van der Waals surface area contributed by atoms with Crippen LogP contribution in [0.2, 0.25) is 0 Å². The molecule has 97 valence electrons. The molecule has 16 heavy (non-hydrogen) atoms. The van der Waals surface area contributed by atoms with Crippen molar-refractivity contribution in [1.29, 1.82) is 0 Å². The van der Waals surface area contributed by atoms with Gasteiger partial charge in [0.05, 0.1) is 0 Å². The van der Waals surface area contributed by atoms with Crippen molar-refractivity contribution < 1.29 is 31.3 Å². The summed E-state index contributed by atoms with van der Waals surface area (Å²) in [4.78, 5) is 0. The van der Waals surface area contributed by atoms with Gasteiger partial charge in [-0.15, -0.1) is 46.4 Å². The number of alkyl halides is 4. The third-order valence-electron chi connectivity index (χ3n) is 1.08. The zero-order chi connectivity index (χ0) is 13.8. The molecule has 0 rings (SSSR count). The molecule has 0 spiro atoms. The van der Waals surface area contributed by atoms with Crippen LogP contribution in [0.4, 0.5) is 0 Å². The first-order valence-electron chi connectivity index (χ1n) is 4.47. The molecular formula is C8H14Cl4O3V. The molecule has 0 radical (unpaired) electrons. The van der Waals surface area contributed by atoms with Gasteiger partial charge in [-0.1, -0.05) is 26.7 Å². The molecule has 0 aromatic carbocycles. The summed E-state index contributed by atoms with van der Waals surface area (Å²) in [5.74, 6) is 0. The monoisotopic (exact) mass is 349 g/mol. The quantitative estimate of drug-likeness (QED) is 0.731. The van der Waals surface area contributed by atoms with Crippen LogP contribution in [0.1, 0.15) is 39.5 Å². The summed E-state index contributed by atoms with van der Waals surface area (Å²) in [6, 6.07) is 0. The molecule has 0 heterocycles. The van der Waals surface area contributed by atoms with Crippen LogP contribution in [0, 0.1) is 0 Å². The Labute approximate surface area is 126 Å². The molecule has 0 aromatic rings. The molecule has 0 amide bonds. The molecule has 0 fully saturated rings. The van der Waals surface area contributed by atoms with E-state index in [1.165, 1.54) is 0 Å². The van der Waals surface area contributed by atoms with Crippen LogP contribution in [-0.2, 0) is 21.0 Å². The number of halogens is 4. The van der Waals surface area contributed by atoms with Crippen LogP contribution >= 0.6 is 46.4 Å². The number of hydrogen-bond donors (Lipinski definition) is 0. The van der Waals surface area contributed by atoms with E-state index in [1.54, 1.807) is 0 Å². The van der Waals surface area contributed by atoms with Crippen LogP contribution in [0.5, 0.6) is 0 Å². The minimum atomic E-state index is -1.76. The molecule has 3 nitrogen and oxygen atoms in total. The first-order valence-corrected chi connectivity index (χ1v) is 6.55. The zero-order valence-corrected chi connectivity index (χ0v) is 13.4. The first-order chi connectivity index (χ1) is 7.12. The van der Waals surface area contributed by atoms with Gasteiger partial charge in [0.1, 0.15) is 0 Å². The molecular weight excluding hydrogens is 337 g/mol. The predicted molar refractivity (Wildman–Crippen MR) is 59.4 cm³/mol. The Morgan fingerprint density at radius 2 is 1.06 bits per heavy atom. The van der Waals surface area contributed by atoms with E-state index in [0.29, 0.717) is 12.8 Å². The van der Waals surface area contributed by atoms with Crippen molar-refractivity contribution in [2.75, 3.05) is 0 Å². The molecule has 0 saturated heterocycles. The van der Waals surface area contributed by atoms with E-state index in [4.69, 9.17) is 50.1 Å². The predicted octanol–water partition coefficient (Wildman–Crippen LogP) is 2.44. The summed E-state index contributed by atoms with van der Waals surface area (Å²) in [7, 11) is 0. The molecule has 8 heteroatoms. The van der Waals surface area contributed by atoms with Gasteiger partial charge >= 0.3 is 21.0 Å². The summed E-state index contributed by atoms with van der Waals surface area (Å²) in [5.41, 5.74) is 0. The second kappa shape index (κ2) is 12.9. The van der Waals surface area contributed by atoms with E-state index in [2.05, 4.69) is 0 Å². The topological polar surface area (TPSA) is 63.2 Å². The zero-order valence-electron chi connectivity index (χ0n) is 9.01. The molecule has 0 aliphatic carbocycles. The summed E-state index contributed by atoms with van der Waals surface area (Å²) < 4.78 is 4.68. The van der Waals surface area contributed by atoms with Gasteiger partial charge in [0.25, 0.3) is 0 Å². The van der Waals surface area contributed by atoms with E-state index in [0.717, 1.165) is 30.2 Å². The molecule has 0 bridgehead atoms. The third kappa shape index (κ3) is 36.1. The van der Waals surface area contributed by atoms with E-state index >= 15 is 0 Å². The fourth-order valence-corrected chi connectivity index (χ4v) is 1.34. The van der Waals surface area contributed by atoms with Gasteiger partial charge in [0, 0.05) is 9.04 Å². The SMILES string of the molecule is CCCC([O-])(Cl)Cl.CCCC([O-])(Cl)Cl.[O]=[V+2]. The van der Waals surface area contributed by atoms with Crippen molar-refractivity contribution in [3.63, 3.8) is 0 Å². The summed E-state index contributed by atoms with van der Waals surface area (Å²) >= 11 is 21.2. The average molecular weight is 351 g/mol. The minimum absolute atomic E-state index is 0.316. The maximum atomic E-state index is 10.2. The van der Waals surface area contributed by atoms with E-state index in [9.17, 15) is 10.2 Å². The van der Waals surface area contributed by atoms with Crippen molar-refractivity contribution in [3.8, 4) is 0 Å². The van der Waals surface area contributed by atoms with Crippen LogP contribution in [0.25, 0.3) is 0 Å². The van der Waals surface area contributed by atoms with Gasteiger partial charge in [-0.05, 0) is 12.8 Å². The van der Waals surface area contributed by atoms with Gasteiger partial charge in [-0.2, -0.15) is 0 Å². The Morgan fingerprint density at radius 1 is 0.875 bits per heavy atom. The Kier molecular flexibility index (Phi) is 18.3. The van der Waals surface area contributed by atoms with Gasteiger partial charge in [0.2, 0.25) is 0 Å². The van der Waals surface area contributed by atoms with Crippen molar-refractivity contribution in [2.24, 2.45) is 0 Å². The van der Waals surface area contributed by atoms with Gasteiger partial charge in [-0.3, -0.25) is 0 Å². The standard InChI is InChI=1S/2C4H7Cl2O.O.V/c2*1-2-3-4(5,6)7;;/h2*2-3H2,1H3;;/q2*-1;;+2.